The third kappa shape index (κ3) is 5.10. The third-order valence-electron chi connectivity index (χ3n) is 12.9. The molecule has 0 saturated carbocycles. The van der Waals surface area contributed by atoms with Gasteiger partial charge in [-0.15, -0.1) is 0 Å². The zero-order chi connectivity index (χ0) is 33.1. The Balaban J connectivity index is 0.932. The quantitative estimate of drug-likeness (QED) is 0.300. The zero-order valence-electron chi connectivity index (χ0n) is 28.9. The lowest BCUT2D eigenvalue weighted by atomic mass is 9.52. The van der Waals surface area contributed by atoms with Gasteiger partial charge < -0.3 is 10.1 Å². The molecule has 10 rings (SSSR count). The molecule has 1 N–H and O–H groups in total. The standard InChI is InChI=1S/C48H47NO/c1-3-11-32(12-4-1)34-13-9-14-35(29-34)33-21-24-37(25-22-33)48-28-27-44(48)43(31-48)42-30-36(23-26-45(42)49-38-15-5-2-6-16-38)39-18-10-19-41-40-17-7-8-20-46(40)50-47(39)41/h3,5,7-11,13-15,17-27,29,31-32,36,38,40-41,46-47,49H,1-2,4,6,12,16,28,30H2. The van der Waals surface area contributed by atoms with Crippen LogP contribution in [0.5, 0.6) is 0 Å². The molecule has 1 saturated heterocycles. The first-order valence-electron chi connectivity index (χ1n) is 19.3. The molecule has 2 aromatic carbocycles. The second-order valence-corrected chi connectivity index (χ2v) is 15.7. The molecule has 1 aliphatic heterocycles. The monoisotopic (exact) mass is 653 g/mol. The smallest absolute Gasteiger partial charge is 0.0871 e. The van der Waals surface area contributed by atoms with Crippen LogP contribution in [0.4, 0.5) is 0 Å². The van der Waals surface area contributed by atoms with Crippen LogP contribution >= 0.6 is 0 Å². The number of nitrogens with one attached hydrogen (secondary N) is 1. The zero-order valence-corrected chi connectivity index (χ0v) is 28.9. The molecule has 0 bridgehead atoms. The Morgan fingerprint density at radius 1 is 0.760 bits per heavy atom. The summed E-state index contributed by atoms with van der Waals surface area (Å²) < 4.78 is 6.76. The van der Waals surface area contributed by atoms with Crippen LogP contribution in [0.3, 0.4) is 0 Å². The predicted molar refractivity (Wildman–Crippen MR) is 205 cm³/mol. The molecule has 8 atom stereocenters. The number of hydrogen-bond donors (Lipinski definition) is 1. The average Bonchev–Trinajstić information content (AvgIpc) is 3.56. The van der Waals surface area contributed by atoms with Gasteiger partial charge in [0.05, 0.1) is 12.2 Å². The first kappa shape index (κ1) is 30.4. The number of ether oxygens (including phenoxy) is 1. The van der Waals surface area contributed by atoms with Crippen LogP contribution in [0.15, 0.2) is 168 Å². The largest absolute Gasteiger partial charge is 0.379 e. The SMILES string of the molecule is C1=CC2OC3C(C4C=CC(NC5C=CCCC5)=C(C5=CC6(c7ccc(-c8cccc(C9C=CCCC9)c8)cc7)CC=C56)C4)=CC=CC3C2C=C1. The molecule has 0 radical (unpaired) electrons. The van der Waals surface area contributed by atoms with Gasteiger partial charge in [0.1, 0.15) is 0 Å². The van der Waals surface area contributed by atoms with Crippen LogP contribution in [0.1, 0.15) is 68.4 Å². The minimum Gasteiger partial charge on any atom is -0.379 e. The Hall–Kier alpha value is -4.40. The van der Waals surface area contributed by atoms with Crippen molar-refractivity contribution in [3.63, 3.8) is 0 Å². The highest BCUT2D eigenvalue weighted by Crippen LogP contribution is 2.60. The number of allylic oxidation sites excluding steroid dienone is 14. The van der Waals surface area contributed by atoms with Gasteiger partial charge in [0.15, 0.2) is 0 Å². The maximum absolute atomic E-state index is 6.76. The fourth-order valence-corrected chi connectivity index (χ4v) is 10.0. The molecule has 250 valence electrons. The minimum absolute atomic E-state index is 0.0446. The number of hydrogen-bond acceptors (Lipinski definition) is 2. The molecule has 50 heavy (non-hydrogen) atoms. The van der Waals surface area contributed by atoms with Gasteiger partial charge in [-0.25, -0.2) is 0 Å². The molecular weight excluding hydrogens is 607 g/mol. The Morgan fingerprint density at radius 3 is 2.42 bits per heavy atom. The van der Waals surface area contributed by atoms with Crippen molar-refractivity contribution < 1.29 is 4.74 Å². The lowest BCUT2D eigenvalue weighted by molar-refractivity contribution is 0.0765. The van der Waals surface area contributed by atoms with Crippen molar-refractivity contribution in [2.24, 2.45) is 17.8 Å². The summed E-state index contributed by atoms with van der Waals surface area (Å²) in [6.45, 7) is 0. The highest BCUT2D eigenvalue weighted by atomic mass is 16.5. The molecule has 2 nitrogen and oxygen atoms in total. The van der Waals surface area contributed by atoms with Gasteiger partial charge in [-0.1, -0.05) is 134 Å². The highest BCUT2D eigenvalue weighted by Gasteiger charge is 2.50. The lowest BCUT2D eigenvalue weighted by Crippen LogP contribution is -2.42. The van der Waals surface area contributed by atoms with E-state index in [2.05, 4.69) is 145 Å². The van der Waals surface area contributed by atoms with Gasteiger partial charge in [-0.05, 0) is 102 Å². The molecule has 1 heterocycles. The maximum Gasteiger partial charge on any atom is 0.0871 e. The topological polar surface area (TPSA) is 21.3 Å². The normalized spacial score (nSPS) is 34.6. The van der Waals surface area contributed by atoms with E-state index in [1.807, 2.05) is 0 Å². The lowest BCUT2D eigenvalue weighted by Gasteiger charge is -2.51. The predicted octanol–water partition coefficient (Wildman–Crippen LogP) is 10.8. The summed E-state index contributed by atoms with van der Waals surface area (Å²) >= 11 is 0. The van der Waals surface area contributed by atoms with Crippen molar-refractivity contribution in [2.75, 3.05) is 0 Å². The molecule has 8 unspecified atom stereocenters. The average molecular weight is 654 g/mol. The van der Waals surface area contributed by atoms with E-state index in [-0.39, 0.29) is 17.6 Å². The molecule has 2 aromatic rings. The minimum atomic E-state index is 0.0446. The van der Waals surface area contributed by atoms with Crippen molar-refractivity contribution in [3.8, 4) is 11.1 Å². The summed E-state index contributed by atoms with van der Waals surface area (Å²) in [6.07, 6.45) is 45.2. The van der Waals surface area contributed by atoms with Crippen molar-refractivity contribution in [3.05, 3.63) is 179 Å². The number of benzene rings is 2. The summed E-state index contributed by atoms with van der Waals surface area (Å²) in [5, 5.41) is 3.98. The molecule has 1 fully saturated rings. The Bertz CT molecular complexity index is 2010. The van der Waals surface area contributed by atoms with E-state index in [9.17, 15) is 0 Å². The van der Waals surface area contributed by atoms with Crippen LogP contribution in [0.2, 0.25) is 0 Å². The molecule has 0 aromatic heterocycles. The molecule has 0 spiro atoms. The third-order valence-corrected chi connectivity index (χ3v) is 12.9. The van der Waals surface area contributed by atoms with Gasteiger partial charge >= 0.3 is 0 Å². The van der Waals surface area contributed by atoms with Crippen LogP contribution < -0.4 is 5.32 Å². The van der Waals surface area contributed by atoms with E-state index in [4.69, 9.17) is 4.74 Å². The first-order chi connectivity index (χ1) is 24.7. The summed E-state index contributed by atoms with van der Waals surface area (Å²) in [6, 6.07) is 19.1. The van der Waals surface area contributed by atoms with Gasteiger partial charge in [-0.3, -0.25) is 0 Å². The van der Waals surface area contributed by atoms with Crippen LogP contribution in [-0.4, -0.2) is 18.2 Å². The van der Waals surface area contributed by atoms with Crippen LogP contribution in [0.25, 0.3) is 11.1 Å². The van der Waals surface area contributed by atoms with Gasteiger partial charge in [0.2, 0.25) is 0 Å². The van der Waals surface area contributed by atoms with Gasteiger partial charge in [0, 0.05) is 40.8 Å². The highest BCUT2D eigenvalue weighted by molar-refractivity contribution is 5.74. The van der Waals surface area contributed by atoms with Crippen LogP contribution in [0, 0.1) is 17.8 Å². The number of rotatable bonds is 7. The van der Waals surface area contributed by atoms with Crippen molar-refractivity contribution in [2.45, 2.75) is 80.9 Å². The van der Waals surface area contributed by atoms with E-state index >= 15 is 0 Å². The van der Waals surface area contributed by atoms with Crippen molar-refractivity contribution in [1.29, 1.82) is 0 Å². The Morgan fingerprint density at radius 2 is 1.62 bits per heavy atom. The first-order valence-corrected chi connectivity index (χ1v) is 19.3. The summed E-state index contributed by atoms with van der Waals surface area (Å²) in [4.78, 5) is 0. The van der Waals surface area contributed by atoms with Crippen molar-refractivity contribution >= 4 is 0 Å². The molecular formula is C48H47NO. The van der Waals surface area contributed by atoms with E-state index in [1.54, 1.807) is 0 Å². The molecule has 0 amide bonds. The van der Waals surface area contributed by atoms with E-state index in [0.29, 0.717) is 29.7 Å². The number of fused-ring (bicyclic) bond motifs is 4. The maximum atomic E-state index is 6.76. The Kier molecular flexibility index (Phi) is 7.56. The summed E-state index contributed by atoms with van der Waals surface area (Å²) in [7, 11) is 0. The second kappa shape index (κ2) is 12.4. The second-order valence-electron chi connectivity index (χ2n) is 15.7. The molecule has 7 aliphatic carbocycles. The van der Waals surface area contributed by atoms with Crippen molar-refractivity contribution in [1.82, 2.24) is 5.32 Å². The van der Waals surface area contributed by atoms with Gasteiger partial charge in [-0.2, -0.15) is 0 Å². The molecule has 2 heteroatoms. The summed E-state index contributed by atoms with van der Waals surface area (Å²) in [5.41, 5.74) is 12.7. The fraction of sp³-hybridized carbons (Fsp3) is 0.333. The fourth-order valence-electron chi connectivity index (χ4n) is 10.0. The van der Waals surface area contributed by atoms with E-state index in [0.717, 1.165) is 12.8 Å². The Labute approximate surface area is 297 Å². The van der Waals surface area contributed by atoms with Gasteiger partial charge in [0.25, 0.3) is 0 Å². The van der Waals surface area contributed by atoms with Crippen LogP contribution in [-0.2, 0) is 10.2 Å². The molecule has 8 aliphatic rings. The van der Waals surface area contributed by atoms with E-state index in [1.165, 1.54) is 88.8 Å². The summed E-state index contributed by atoms with van der Waals surface area (Å²) in [5.74, 6) is 1.73. The van der Waals surface area contributed by atoms with E-state index < -0.39 is 0 Å².